The first-order valence-corrected chi connectivity index (χ1v) is 20.5. The van der Waals surface area contributed by atoms with E-state index in [-0.39, 0.29) is 0 Å². The predicted molar refractivity (Wildman–Crippen MR) is 253 cm³/mol. The van der Waals surface area contributed by atoms with Crippen LogP contribution in [0.2, 0.25) is 0 Å². The van der Waals surface area contributed by atoms with Crippen LogP contribution < -0.4 is 0 Å². The van der Waals surface area contributed by atoms with Crippen molar-refractivity contribution in [2.24, 2.45) is 0 Å². The molecule has 3 heteroatoms. The molecule has 276 valence electrons. The summed E-state index contributed by atoms with van der Waals surface area (Å²) in [6, 6.07) is 72.5. The summed E-state index contributed by atoms with van der Waals surface area (Å²) in [5.41, 5.74) is 5.24. The van der Waals surface area contributed by atoms with Crippen LogP contribution in [0.3, 0.4) is 0 Å². The molecule has 0 saturated heterocycles. The van der Waals surface area contributed by atoms with Crippen molar-refractivity contribution >= 4 is 86.2 Å². The zero-order valence-electron chi connectivity index (χ0n) is 32.4. The Kier molecular flexibility index (Phi) is 7.01. The Balaban J connectivity index is 1.09. The van der Waals surface area contributed by atoms with Crippen molar-refractivity contribution < 1.29 is 0 Å². The number of benzene rings is 11. The van der Waals surface area contributed by atoms with Crippen molar-refractivity contribution in [3.8, 4) is 45.3 Å². The quantitative estimate of drug-likeness (QED) is 0.168. The smallest absolute Gasteiger partial charge is 0.164 e. The molecule has 0 aliphatic rings. The molecule has 0 fully saturated rings. The Labute approximate surface area is 345 Å². The van der Waals surface area contributed by atoms with E-state index in [1.807, 2.05) is 18.2 Å². The van der Waals surface area contributed by atoms with Gasteiger partial charge in [0.1, 0.15) is 0 Å². The lowest BCUT2D eigenvalue weighted by Gasteiger charge is -2.18. The summed E-state index contributed by atoms with van der Waals surface area (Å²) in [6.45, 7) is 0. The minimum atomic E-state index is 0.647. The zero-order chi connectivity index (χ0) is 39.3. The largest absolute Gasteiger partial charge is 0.208 e. The summed E-state index contributed by atoms with van der Waals surface area (Å²) in [7, 11) is 0. The zero-order valence-corrected chi connectivity index (χ0v) is 32.4. The molecule has 1 heterocycles. The molecule has 0 bridgehead atoms. The van der Waals surface area contributed by atoms with E-state index >= 15 is 0 Å². The first-order valence-electron chi connectivity index (χ1n) is 20.5. The third-order valence-corrected chi connectivity index (χ3v) is 12.6. The molecule has 0 N–H and O–H groups in total. The molecule has 13 rings (SSSR count). The molecule has 0 aliphatic heterocycles. The molecule has 12 aromatic carbocycles. The van der Waals surface area contributed by atoms with Gasteiger partial charge >= 0.3 is 0 Å². The number of hydrogen-bond acceptors (Lipinski definition) is 3. The van der Waals surface area contributed by atoms with Crippen molar-refractivity contribution in [2.45, 2.75) is 0 Å². The fourth-order valence-corrected chi connectivity index (χ4v) is 9.94. The van der Waals surface area contributed by atoms with Crippen LogP contribution in [0.25, 0.3) is 131 Å². The van der Waals surface area contributed by atoms with E-state index in [4.69, 9.17) is 15.0 Å². The Morgan fingerprint density at radius 1 is 0.217 bits per heavy atom. The molecule has 13 aromatic rings. The molecule has 1 aromatic heterocycles. The van der Waals surface area contributed by atoms with Gasteiger partial charge in [-0.2, -0.15) is 0 Å². The van der Waals surface area contributed by atoms with E-state index in [1.165, 1.54) is 75.8 Å². The van der Waals surface area contributed by atoms with Gasteiger partial charge in [0, 0.05) is 16.7 Å². The van der Waals surface area contributed by atoms with Crippen LogP contribution in [-0.4, -0.2) is 15.0 Å². The molecular weight excluding hydrogens is 727 g/mol. The molecule has 0 saturated carbocycles. The van der Waals surface area contributed by atoms with Crippen LogP contribution in [0, 0.1) is 0 Å². The van der Waals surface area contributed by atoms with Gasteiger partial charge in [-0.3, -0.25) is 0 Å². The van der Waals surface area contributed by atoms with Crippen LogP contribution in [0.15, 0.2) is 200 Å². The first kappa shape index (κ1) is 33.0. The standard InChI is InChI=1S/C57H33N3/c1-2-13-38(14-3-1)55-58-56(48-25-8-15-34-12-4-5-19-41(34)48)60-57(59-55)49-31-30-42(43-20-6-7-21-44(43)49)40-32-39-29-28-37-17-10-23-46-45-22-9-16-35-26-27-36-18-11-24-47(53(36)51(35)45)50(33-40)54(39)52(37)46/h1-33H. The second kappa shape index (κ2) is 12.7. The van der Waals surface area contributed by atoms with Crippen molar-refractivity contribution in [2.75, 3.05) is 0 Å². The highest BCUT2D eigenvalue weighted by atomic mass is 15.0. The normalized spacial score (nSPS) is 12.0. The fourth-order valence-electron chi connectivity index (χ4n) is 9.94. The number of nitrogens with zero attached hydrogens (tertiary/aromatic N) is 3. The van der Waals surface area contributed by atoms with Gasteiger partial charge in [0.05, 0.1) is 0 Å². The highest BCUT2D eigenvalue weighted by molar-refractivity contribution is 6.37. The molecule has 0 amide bonds. The highest BCUT2D eigenvalue weighted by Crippen LogP contribution is 2.45. The van der Waals surface area contributed by atoms with Gasteiger partial charge in [-0.15, -0.1) is 0 Å². The maximum Gasteiger partial charge on any atom is 0.164 e. The van der Waals surface area contributed by atoms with Gasteiger partial charge in [-0.05, 0) is 116 Å². The number of rotatable bonds is 4. The Hall–Kier alpha value is -8.01. The van der Waals surface area contributed by atoms with Crippen LogP contribution in [0.1, 0.15) is 0 Å². The predicted octanol–water partition coefficient (Wildman–Crippen LogP) is 15.2. The summed E-state index contributed by atoms with van der Waals surface area (Å²) in [6.07, 6.45) is 0. The average molecular weight is 760 g/mol. The Morgan fingerprint density at radius 2 is 0.650 bits per heavy atom. The molecule has 0 spiro atoms. The molecule has 3 nitrogen and oxygen atoms in total. The van der Waals surface area contributed by atoms with Crippen molar-refractivity contribution in [3.63, 3.8) is 0 Å². The molecule has 0 atom stereocenters. The third-order valence-electron chi connectivity index (χ3n) is 12.6. The van der Waals surface area contributed by atoms with Crippen molar-refractivity contribution in [1.29, 1.82) is 0 Å². The molecule has 0 radical (unpaired) electrons. The van der Waals surface area contributed by atoms with Gasteiger partial charge in [0.25, 0.3) is 0 Å². The summed E-state index contributed by atoms with van der Waals surface area (Å²) in [4.78, 5) is 15.6. The SMILES string of the molecule is c1ccc(-c2nc(-c3cccc4ccccc34)nc(-c3ccc(-c4cc5ccc6cccc7c8cccc9ccc%10cccc(c(c4)c5c67)c%10c98)c4ccccc34)n2)cc1. The lowest BCUT2D eigenvalue weighted by Crippen LogP contribution is -2.01. The minimum absolute atomic E-state index is 0.647. The third kappa shape index (κ3) is 4.87. The second-order valence-corrected chi connectivity index (χ2v) is 15.9. The summed E-state index contributed by atoms with van der Waals surface area (Å²) in [5, 5.41) is 19.8. The number of aromatic nitrogens is 3. The maximum absolute atomic E-state index is 5.26. The van der Waals surface area contributed by atoms with E-state index in [2.05, 4.69) is 182 Å². The number of fused-ring (bicyclic) bond motifs is 4. The van der Waals surface area contributed by atoms with Crippen LogP contribution in [0.5, 0.6) is 0 Å². The Morgan fingerprint density at radius 3 is 1.32 bits per heavy atom. The van der Waals surface area contributed by atoms with Crippen molar-refractivity contribution in [3.05, 3.63) is 200 Å². The molecule has 0 aliphatic carbocycles. The van der Waals surface area contributed by atoms with E-state index in [0.29, 0.717) is 17.5 Å². The van der Waals surface area contributed by atoms with Gasteiger partial charge < -0.3 is 0 Å². The summed E-state index contributed by atoms with van der Waals surface area (Å²) in [5.74, 6) is 1.95. The minimum Gasteiger partial charge on any atom is -0.208 e. The van der Waals surface area contributed by atoms with E-state index in [0.717, 1.165) is 38.2 Å². The lowest BCUT2D eigenvalue weighted by molar-refractivity contribution is 1.08. The van der Waals surface area contributed by atoms with E-state index in [1.54, 1.807) is 0 Å². The van der Waals surface area contributed by atoms with Gasteiger partial charge in [-0.25, -0.2) is 15.0 Å². The van der Waals surface area contributed by atoms with Gasteiger partial charge in [0.2, 0.25) is 0 Å². The van der Waals surface area contributed by atoms with E-state index < -0.39 is 0 Å². The number of hydrogen-bond donors (Lipinski definition) is 0. The van der Waals surface area contributed by atoms with Crippen LogP contribution >= 0.6 is 0 Å². The highest BCUT2D eigenvalue weighted by Gasteiger charge is 2.20. The average Bonchev–Trinajstić information content (AvgIpc) is 3.32. The van der Waals surface area contributed by atoms with Gasteiger partial charge in [-0.1, -0.05) is 182 Å². The van der Waals surface area contributed by atoms with Crippen molar-refractivity contribution in [1.82, 2.24) is 15.0 Å². The molecule has 60 heavy (non-hydrogen) atoms. The fraction of sp³-hybridized carbons (Fsp3) is 0. The molecular formula is C57H33N3. The Bertz CT molecular complexity index is 3880. The monoisotopic (exact) mass is 759 g/mol. The summed E-state index contributed by atoms with van der Waals surface area (Å²) >= 11 is 0. The summed E-state index contributed by atoms with van der Waals surface area (Å²) < 4.78 is 0. The maximum atomic E-state index is 5.26. The van der Waals surface area contributed by atoms with Crippen LogP contribution in [0.4, 0.5) is 0 Å². The second-order valence-electron chi connectivity index (χ2n) is 15.9. The van der Waals surface area contributed by atoms with E-state index in [9.17, 15) is 0 Å². The van der Waals surface area contributed by atoms with Gasteiger partial charge in [0.15, 0.2) is 17.5 Å². The molecule has 0 unspecified atom stereocenters. The lowest BCUT2D eigenvalue weighted by atomic mass is 9.86. The van der Waals surface area contributed by atoms with Crippen LogP contribution in [-0.2, 0) is 0 Å². The first-order chi connectivity index (χ1) is 29.7. The topological polar surface area (TPSA) is 38.7 Å².